The molecule has 0 aromatic rings. The van der Waals surface area contributed by atoms with Crippen LogP contribution in [0.5, 0.6) is 0 Å². The Morgan fingerprint density at radius 2 is 1.00 bits per heavy atom. The average Bonchev–Trinajstić information content (AvgIpc) is 0.722. The van der Waals surface area contributed by atoms with Crippen molar-refractivity contribution in [2.24, 2.45) is 0 Å². The molecule has 40 valence electrons. The average molecular weight is 180 g/mol. The Morgan fingerprint density at radius 3 is 1.00 bits per heavy atom. The first kappa shape index (κ1) is 22.5. The van der Waals surface area contributed by atoms with Gasteiger partial charge in [0.25, 0.3) is 0 Å². The van der Waals surface area contributed by atoms with Crippen molar-refractivity contribution >= 4 is 10.4 Å². The molecular weight excluding hydrogens is 177 g/mol. The molecule has 8 heavy (non-hydrogen) atoms. The van der Waals surface area contributed by atoms with Crippen molar-refractivity contribution in [1.82, 2.24) is 0 Å². The first-order valence-corrected chi connectivity index (χ1v) is 2.00. The quantitative estimate of drug-likeness (QED) is 0.210. The maximum absolute atomic E-state index is 8.52. The minimum absolute atomic E-state index is 0. The predicted octanol–water partition coefficient (Wildman–Crippen LogP) is -7.87. The number of halogens is 1. The first-order chi connectivity index (χ1) is 2.00. The predicted molar refractivity (Wildman–Crippen MR) is 13.3 cm³/mol. The summed E-state index contributed by atoms with van der Waals surface area (Å²) >= 11 is 0. The fourth-order valence-electron chi connectivity index (χ4n) is 0. The molecule has 4 nitrogen and oxygen atoms in total. The van der Waals surface area contributed by atoms with Crippen LogP contribution in [0.15, 0.2) is 0 Å². The zero-order chi connectivity index (χ0) is 4.50. The van der Waals surface area contributed by atoms with Crippen LogP contribution >= 0.6 is 0 Å². The smallest absolute Gasteiger partial charge is 0.759 e. The Morgan fingerprint density at radius 1 is 1.00 bits per heavy atom. The third-order valence-corrected chi connectivity index (χ3v) is 0. The van der Waals surface area contributed by atoms with E-state index < -0.39 is 10.4 Å². The molecule has 0 atom stereocenters. The van der Waals surface area contributed by atoms with Gasteiger partial charge in [-0.3, -0.25) is 8.42 Å². The second kappa shape index (κ2) is 9.16. The van der Waals surface area contributed by atoms with Crippen LogP contribution in [-0.2, 0) is 10.4 Å². The molecule has 8 heteroatoms. The minimum Gasteiger partial charge on any atom is -0.759 e. The minimum atomic E-state index is -5.17. The Balaban J connectivity index is -0.0000000267. The van der Waals surface area contributed by atoms with Crippen molar-refractivity contribution in [3.05, 3.63) is 0 Å². The molecule has 0 unspecified atom stereocenters. The molecule has 0 amide bonds. The number of hydrogen-bond donors (Lipinski definition) is 0. The van der Waals surface area contributed by atoms with Crippen LogP contribution in [0.2, 0.25) is 0 Å². The molecule has 0 aliphatic heterocycles. The van der Waals surface area contributed by atoms with Crippen molar-refractivity contribution in [3.8, 4) is 0 Å². The normalized spacial score (nSPS) is 7.25. The van der Waals surface area contributed by atoms with Crippen molar-refractivity contribution in [2.75, 3.05) is 0 Å². The molecule has 0 aromatic carbocycles. The summed E-state index contributed by atoms with van der Waals surface area (Å²) in [6.45, 7) is 0. The molecule has 0 saturated heterocycles. The molecule has 0 spiro atoms. The van der Waals surface area contributed by atoms with Gasteiger partial charge in [-0.15, -0.1) is 0 Å². The van der Waals surface area contributed by atoms with Gasteiger partial charge in [0, 0.05) is 10.4 Å². The zero-order valence-electron chi connectivity index (χ0n) is 4.49. The third-order valence-electron chi connectivity index (χ3n) is 0. The van der Waals surface area contributed by atoms with Crippen molar-refractivity contribution in [2.45, 2.75) is 0 Å². The maximum atomic E-state index is 8.52. The van der Waals surface area contributed by atoms with Gasteiger partial charge in [0.1, 0.15) is 0 Å². The first-order valence-electron chi connectivity index (χ1n) is 0.667. The fraction of sp³-hybridized carbons (Fsp3) is 0. The van der Waals surface area contributed by atoms with E-state index in [9.17, 15) is 0 Å². The summed E-state index contributed by atoms with van der Waals surface area (Å²) in [5.41, 5.74) is 0. The van der Waals surface area contributed by atoms with Gasteiger partial charge in [-0.25, -0.2) is 0 Å². The second-order valence-corrected chi connectivity index (χ2v) is 1.22. The SMILES string of the molecule is O=S(=O)([O-])[O-].[ClH2+].[Na+].[Na+]. The van der Waals surface area contributed by atoms with E-state index in [-0.39, 0.29) is 71.5 Å². The zero-order valence-corrected chi connectivity index (χ0v) is 10.2. The van der Waals surface area contributed by atoms with E-state index in [1.54, 1.807) is 0 Å². The molecule has 0 radical (unpaired) electrons. The van der Waals surface area contributed by atoms with E-state index in [1.807, 2.05) is 0 Å². The van der Waals surface area contributed by atoms with Crippen LogP contribution < -0.4 is 59.1 Å². The summed E-state index contributed by atoms with van der Waals surface area (Å²) in [5.74, 6) is 0. The molecule has 0 aliphatic carbocycles. The summed E-state index contributed by atoms with van der Waals surface area (Å²) in [4.78, 5) is 0. The molecule has 0 bridgehead atoms. The van der Waals surface area contributed by atoms with Crippen LogP contribution in [0.3, 0.4) is 0 Å². The summed E-state index contributed by atoms with van der Waals surface area (Å²) in [7, 11) is -5.17. The molecule has 0 N–H and O–H groups in total. The van der Waals surface area contributed by atoms with Gasteiger partial charge < -0.3 is 9.11 Å². The fourth-order valence-corrected chi connectivity index (χ4v) is 0. The number of rotatable bonds is 0. The van der Waals surface area contributed by atoms with Crippen LogP contribution in [0.25, 0.3) is 0 Å². The summed E-state index contributed by atoms with van der Waals surface area (Å²) in [6, 6.07) is 0. The van der Waals surface area contributed by atoms with Crippen LogP contribution in [0, 0.1) is 12.4 Å². The van der Waals surface area contributed by atoms with E-state index >= 15 is 0 Å². The van der Waals surface area contributed by atoms with Gasteiger partial charge in [-0.05, 0) is 0 Å². The summed E-state index contributed by atoms with van der Waals surface area (Å²) in [6.07, 6.45) is 0. The standard InChI is InChI=1S/ClH2.2Na.H2O4S/c;;;1-5(2,3)4/h1H2;;;(H2,1,2,3,4)/q3*+1;/p-2. The molecule has 0 saturated carbocycles. The van der Waals surface area contributed by atoms with Gasteiger partial charge in [-0.2, -0.15) is 0 Å². The van der Waals surface area contributed by atoms with Gasteiger partial charge in [0.15, 0.2) is 0 Å². The molecule has 0 rings (SSSR count). The monoisotopic (exact) mass is 179 g/mol. The van der Waals surface area contributed by atoms with Gasteiger partial charge in [0.2, 0.25) is 0 Å². The van der Waals surface area contributed by atoms with Crippen LogP contribution in [0.1, 0.15) is 0 Å². The van der Waals surface area contributed by atoms with Gasteiger partial charge in [0.05, 0.1) is 12.4 Å². The Bertz CT molecular complexity index is 97.2. The van der Waals surface area contributed by atoms with Crippen LogP contribution in [0.4, 0.5) is 0 Å². The van der Waals surface area contributed by atoms with E-state index in [0.717, 1.165) is 0 Å². The van der Waals surface area contributed by atoms with E-state index in [2.05, 4.69) is 0 Å². The summed E-state index contributed by atoms with van der Waals surface area (Å²) in [5, 5.41) is 0. The van der Waals surface area contributed by atoms with E-state index in [4.69, 9.17) is 17.5 Å². The second-order valence-electron chi connectivity index (χ2n) is 0.408. The molecule has 0 heterocycles. The van der Waals surface area contributed by atoms with Crippen molar-refractivity contribution < 1.29 is 89.0 Å². The molecular formula is H2ClNa2O4S+. The third kappa shape index (κ3) is 89.7. The summed E-state index contributed by atoms with van der Waals surface area (Å²) < 4.78 is 34.1. The van der Waals surface area contributed by atoms with Crippen molar-refractivity contribution in [3.63, 3.8) is 0 Å². The largest absolute Gasteiger partial charge is 1.00 e. The molecule has 0 fully saturated rings. The topological polar surface area (TPSA) is 80.3 Å². The Kier molecular flexibility index (Phi) is 25.7. The van der Waals surface area contributed by atoms with Gasteiger partial charge in [-0.1, -0.05) is 0 Å². The van der Waals surface area contributed by atoms with Crippen LogP contribution in [-0.4, -0.2) is 17.5 Å². The Hall–Kier alpha value is 2.16. The maximum Gasteiger partial charge on any atom is 1.00 e. The number of hydrogen-bond acceptors (Lipinski definition) is 4. The van der Waals surface area contributed by atoms with E-state index in [1.165, 1.54) is 0 Å². The van der Waals surface area contributed by atoms with Gasteiger partial charge >= 0.3 is 59.1 Å². The molecule has 0 aliphatic rings. The van der Waals surface area contributed by atoms with E-state index in [0.29, 0.717) is 0 Å². The van der Waals surface area contributed by atoms with Crippen molar-refractivity contribution in [1.29, 1.82) is 0 Å². The Labute approximate surface area is 98.0 Å². The molecule has 0 aromatic heterocycles.